The van der Waals surface area contributed by atoms with Gasteiger partial charge in [0.2, 0.25) is 0 Å². The zero-order valence-corrected chi connectivity index (χ0v) is 20.1. The van der Waals surface area contributed by atoms with Gasteiger partial charge >= 0.3 is 0 Å². The maximum Gasteiger partial charge on any atom is 0.123 e. The second-order valence-electron chi connectivity index (χ2n) is 10.2. The Bertz CT molecular complexity index is 858. The molecule has 174 valence electrons. The molecule has 1 heterocycles. The summed E-state index contributed by atoms with van der Waals surface area (Å²) in [6.07, 6.45) is 3.09. The van der Waals surface area contributed by atoms with Crippen LogP contribution in [-0.2, 0) is 13.0 Å². The van der Waals surface area contributed by atoms with Gasteiger partial charge in [-0.2, -0.15) is 0 Å². The van der Waals surface area contributed by atoms with E-state index in [4.69, 9.17) is 4.74 Å². The van der Waals surface area contributed by atoms with Crippen LogP contribution in [0.2, 0.25) is 0 Å². The lowest BCUT2D eigenvalue weighted by Gasteiger charge is -2.41. The molecule has 4 heteroatoms. The average molecular weight is 439 g/mol. The third kappa shape index (κ3) is 7.37. The number of piperidine rings is 1. The first-order valence-electron chi connectivity index (χ1n) is 11.9. The molecule has 0 aliphatic carbocycles. The number of rotatable bonds is 10. The molecule has 2 aromatic rings. The Hall–Kier alpha value is -2.33. The minimum absolute atomic E-state index is 0.121. The lowest BCUT2D eigenvalue weighted by molar-refractivity contribution is 0.184. The van der Waals surface area contributed by atoms with Gasteiger partial charge < -0.3 is 15.4 Å². The summed E-state index contributed by atoms with van der Waals surface area (Å²) in [6.45, 7) is 15.8. The molecule has 2 N–H and O–H groups in total. The van der Waals surface area contributed by atoms with Gasteiger partial charge in [0.25, 0.3) is 0 Å². The van der Waals surface area contributed by atoms with Crippen molar-refractivity contribution in [2.24, 2.45) is 17.8 Å². The van der Waals surface area contributed by atoms with E-state index in [9.17, 15) is 4.39 Å². The first kappa shape index (κ1) is 24.3. The molecule has 0 amide bonds. The van der Waals surface area contributed by atoms with Crippen LogP contribution in [0.25, 0.3) is 0 Å². The van der Waals surface area contributed by atoms with Crippen molar-refractivity contribution >= 4 is 0 Å². The van der Waals surface area contributed by atoms with Crippen molar-refractivity contribution in [1.29, 1.82) is 0 Å². The topological polar surface area (TPSA) is 33.3 Å². The molecule has 32 heavy (non-hydrogen) atoms. The Morgan fingerprint density at radius 3 is 2.41 bits per heavy atom. The average Bonchev–Trinajstić information content (AvgIpc) is 2.75. The predicted molar refractivity (Wildman–Crippen MR) is 131 cm³/mol. The van der Waals surface area contributed by atoms with Crippen LogP contribution < -0.4 is 15.4 Å². The van der Waals surface area contributed by atoms with Gasteiger partial charge in [-0.15, -0.1) is 0 Å². The highest BCUT2D eigenvalue weighted by Crippen LogP contribution is 2.35. The van der Waals surface area contributed by atoms with Crippen LogP contribution in [0.15, 0.2) is 60.8 Å². The molecule has 1 aliphatic rings. The van der Waals surface area contributed by atoms with Crippen LogP contribution in [-0.4, -0.2) is 18.7 Å². The van der Waals surface area contributed by atoms with Crippen LogP contribution in [0, 0.1) is 23.6 Å². The van der Waals surface area contributed by atoms with Crippen molar-refractivity contribution in [3.8, 4) is 5.75 Å². The number of halogens is 1. The zero-order chi connectivity index (χ0) is 23.1. The first-order valence-corrected chi connectivity index (χ1v) is 11.9. The number of hydrogen-bond donors (Lipinski definition) is 2. The molecule has 3 nitrogen and oxygen atoms in total. The molecule has 0 bridgehead atoms. The van der Waals surface area contributed by atoms with Crippen LogP contribution in [0.3, 0.4) is 0 Å². The molecule has 0 radical (unpaired) electrons. The third-order valence-electron chi connectivity index (χ3n) is 6.30. The highest BCUT2D eigenvalue weighted by Gasteiger charge is 2.33. The van der Waals surface area contributed by atoms with Gasteiger partial charge in [0.05, 0.1) is 6.61 Å². The Balaban J connectivity index is 1.65. The van der Waals surface area contributed by atoms with E-state index in [0.29, 0.717) is 17.8 Å². The number of benzene rings is 2. The summed E-state index contributed by atoms with van der Waals surface area (Å²) in [5.41, 5.74) is 3.55. The molecule has 2 unspecified atom stereocenters. The first-order chi connectivity index (χ1) is 15.2. The summed E-state index contributed by atoms with van der Waals surface area (Å²) in [5, 5.41) is 7.22. The minimum Gasteiger partial charge on any atom is -0.493 e. The van der Waals surface area contributed by atoms with Gasteiger partial charge in [-0.3, -0.25) is 0 Å². The maximum absolute atomic E-state index is 13.4. The van der Waals surface area contributed by atoms with Gasteiger partial charge in [0.15, 0.2) is 0 Å². The molecule has 0 saturated carbocycles. The van der Waals surface area contributed by atoms with Gasteiger partial charge in [-0.05, 0) is 86.9 Å². The fourth-order valence-corrected chi connectivity index (χ4v) is 4.53. The summed E-state index contributed by atoms with van der Waals surface area (Å²) in [4.78, 5) is 0. The highest BCUT2D eigenvalue weighted by molar-refractivity contribution is 5.28. The van der Waals surface area contributed by atoms with E-state index < -0.39 is 0 Å². The fraction of sp³-hybridized carbons (Fsp3) is 0.500. The molecule has 1 fully saturated rings. The van der Waals surface area contributed by atoms with Crippen molar-refractivity contribution < 1.29 is 9.13 Å². The largest absolute Gasteiger partial charge is 0.493 e. The van der Waals surface area contributed by atoms with Crippen molar-refractivity contribution in [3.05, 3.63) is 77.8 Å². The van der Waals surface area contributed by atoms with Crippen molar-refractivity contribution in [3.63, 3.8) is 0 Å². The Kier molecular flexibility index (Phi) is 8.36. The second-order valence-corrected chi connectivity index (χ2v) is 10.2. The molecular weight excluding hydrogens is 399 g/mol. The molecule has 3 rings (SSSR count). The summed E-state index contributed by atoms with van der Waals surface area (Å²) in [7, 11) is 0. The maximum atomic E-state index is 13.4. The minimum atomic E-state index is -0.189. The fourth-order valence-electron chi connectivity index (χ4n) is 4.53. The van der Waals surface area contributed by atoms with Crippen molar-refractivity contribution in [1.82, 2.24) is 10.6 Å². The van der Waals surface area contributed by atoms with E-state index in [1.807, 2.05) is 24.3 Å². The van der Waals surface area contributed by atoms with Crippen molar-refractivity contribution in [2.45, 2.75) is 59.0 Å². The number of hydrogen-bond acceptors (Lipinski definition) is 3. The SMILES string of the molecule is C=C(NCc1ccc(OCC(C)C)cc1)C(Cc1ccc(F)cc1)C1CCNC(C)(C)C1. The van der Waals surface area contributed by atoms with Crippen molar-refractivity contribution in [2.75, 3.05) is 13.2 Å². The lowest BCUT2D eigenvalue weighted by atomic mass is 9.74. The molecule has 2 aromatic carbocycles. The third-order valence-corrected chi connectivity index (χ3v) is 6.30. The van der Waals surface area contributed by atoms with E-state index in [1.165, 1.54) is 5.56 Å². The van der Waals surface area contributed by atoms with Crippen LogP contribution in [0.5, 0.6) is 5.75 Å². The Morgan fingerprint density at radius 2 is 1.78 bits per heavy atom. The lowest BCUT2D eigenvalue weighted by Crippen LogP contribution is -2.48. The number of nitrogens with one attached hydrogen (secondary N) is 2. The van der Waals surface area contributed by atoms with E-state index in [-0.39, 0.29) is 11.4 Å². The van der Waals surface area contributed by atoms with Gasteiger partial charge in [-0.25, -0.2) is 4.39 Å². The summed E-state index contributed by atoms with van der Waals surface area (Å²) >= 11 is 0. The standard InChI is InChI=1S/C28H39FN2O/c1-20(2)19-32-26-12-8-23(9-13-26)18-30-21(3)27(16-22-6-10-25(29)11-7-22)24-14-15-31-28(4,5)17-24/h6-13,20,24,27,30-31H,3,14-19H2,1-2,4-5H3. The monoisotopic (exact) mass is 438 g/mol. The van der Waals surface area contributed by atoms with Crippen LogP contribution >= 0.6 is 0 Å². The zero-order valence-electron chi connectivity index (χ0n) is 20.1. The smallest absolute Gasteiger partial charge is 0.123 e. The van der Waals surface area contributed by atoms with Crippen LogP contribution in [0.4, 0.5) is 4.39 Å². The molecular formula is C28H39FN2O. The molecule has 2 atom stereocenters. The van der Waals surface area contributed by atoms with Crippen LogP contribution in [0.1, 0.15) is 51.7 Å². The van der Waals surface area contributed by atoms with Gasteiger partial charge in [-0.1, -0.05) is 44.7 Å². The Morgan fingerprint density at radius 1 is 1.12 bits per heavy atom. The summed E-state index contributed by atoms with van der Waals surface area (Å²) in [5.74, 6) is 2.06. The van der Waals surface area contributed by atoms with E-state index >= 15 is 0 Å². The van der Waals surface area contributed by atoms with Gasteiger partial charge in [0, 0.05) is 23.7 Å². The number of ether oxygens (including phenoxy) is 1. The highest BCUT2D eigenvalue weighted by atomic mass is 19.1. The molecule has 0 spiro atoms. The van der Waals surface area contributed by atoms with E-state index in [1.54, 1.807) is 12.1 Å². The van der Waals surface area contributed by atoms with E-state index in [2.05, 4.69) is 57.0 Å². The van der Waals surface area contributed by atoms with E-state index in [0.717, 1.165) is 56.0 Å². The normalized spacial score (nSPS) is 18.9. The van der Waals surface area contributed by atoms with Gasteiger partial charge in [0.1, 0.15) is 11.6 Å². The Labute approximate surface area is 193 Å². The number of allylic oxidation sites excluding steroid dienone is 1. The molecule has 0 aromatic heterocycles. The quantitative estimate of drug-likeness (QED) is 0.470. The predicted octanol–water partition coefficient (Wildman–Crippen LogP) is 6.10. The second kappa shape index (κ2) is 11.0. The summed E-state index contributed by atoms with van der Waals surface area (Å²) in [6, 6.07) is 15.2. The molecule has 1 saturated heterocycles. The molecule has 1 aliphatic heterocycles. The summed E-state index contributed by atoms with van der Waals surface area (Å²) < 4.78 is 19.2.